The van der Waals surface area contributed by atoms with E-state index >= 15 is 0 Å². The average Bonchev–Trinajstić information content (AvgIpc) is 2.43. The highest BCUT2D eigenvalue weighted by molar-refractivity contribution is 5.74. The molecule has 4 nitrogen and oxygen atoms in total. The number of nitrogens with zero attached hydrogens (tertiary/aromatic N) is 2. The highest BCUT2D eigenvalue weighted by Gasteiger charge is 2.17. The Kier molecular flexibility index (Phi) is 4.02. The summed E-state index contributed by atoms with van der Waals surface area (Å²) in [5.74, 6) is 0. The van der Waals surface area contributed by atoms with Gasteiger partial charge in [-0.25, -0.2) is 4.79 Å². The van der Waals surface area contributed by atoms with E-state index in [4.69, 9.17) is 0 Å². The molecule has 1 saturated heterocycles. The van der Waals surface area contributed by atoms with Gasteiger partial charge in [0.25, 0.3) is 0 Å². The summed E-state index contributed by atoms with van der Waals surface area (Å²) in [4.78, 5) is 15.4. The van der Waals surface area contributed by atoms with Gasteiger partial charge in [-0.1, -0.05) is 0 Å². The third kappa shape index (κ3) is 2.88. The Hall–Kier alpha value is -0.770. The fourth-order valence-electron chi connectivity index (χ4n) is 1.41. The van der Waals surface area contributed by atoms with Crippen molar-refractivity contribution in [3.05, 3.63) is 0 Å². The highest BCUT2D eigenvalue weighted by atomic mass is 16.2. The molecular formula is C9H19N3O. The van der Waals surface area contributed by atoms with Crippen LogP contribution in [-0.2, 0) is 0 Å². The van der Waals surface area contributed by atoms with Gasteiger partial charge >= 0.3 is 6.03 Å². The number of carbonyl (C=O) groups is 1. The van der Waals surface area contributed by atoms with Crippen LogP contribution in [-0.4, -0.2) is 55.6 Å². The zero-order chi connectivity index (χ0) is 9.68. The van der Waals surface area contributed by atoms with Crippen LogP contribution in [0.4, 0.5) is 4.79 Å². The van der Waals surface area contributed by atoms with E-state index < -0.39 is 0 Å². The monoisotopic (exact) mass is 185 g/mol. The van der Waals surface area contributed by atoms with Crippen LogP contribution in [0.2, 0.25) is 0 Å². The van der Waals surface area contributed by atoms with Crippen molar-refractivity contribution in [2.24, 2.45) is 0 Å². The van der Waals surface area contributed by atoms with Gasteiger partial charge in [-0.15, -0.1) is 0 Å². The Labute approximate surface area is 79.9 Å². The molecule has 0 aromatic carbocycles. The minimum atomic E-state index is 0.159. The summed E-state index contributed by atoms with van der Waals surface area (Å²) in [6, 6.07) is 0.159. The van der Waals surface area contributed by atoms with Crippen LogP contribution >= 0.6 is 0 Å². The zero-order valence-corrected chi connectivity index (χ0v) is 8.55. The van der Waals surface area contributed by atoms with Crippen molar-refractivity contribution in [3.8, 4) is 0 Å². The molecule has 0 radical (unpaired) electrons. The molecule has 0 aromatic heterocycles. The van der Waals surface area contributed by atoms with E-state index in [1.165, 1.54) is 0 Å². The number of amides is 2. The molecule has 1 fully saturated rings. The molecular weight excluding hydrogens is 166 g/mol. The molecule has 4 heteroatoms. The summed E-state index contributed by atoms with van der Waals surface area (Å²) >= 11 is 0. The van der Waals surface area contributed by atoms with Crippen LogP contribution in [0.15, 0.2) is 0 Å². The van der Waals surface area contributed by atoms with E-state index in [-0.39, 0.29) is 6.03 Å². The number of rotatable bonds is 1. The Morgan fingerprint density at radius 1 is 1.46 bits per heavy atom. The molecule has 0 atom stereocenters. The first kappa shape index (κ1) is 10.3. The first-order valence-corrected chi connectivity index (χ1v) is 4.96. The van der Waals surface area contributed by atoms with E-state index in [1.807, 2.05) is 18.9 Å². The summed E-state index contributed by atoms with van der Waals surface area (Å²) in [5.41, 5.74) is 0. The molecule has 0 bridgehead atoms. The number of hydrogen-bond acceptors (Lipinski definition) is 2. The summed E-state index contributed by atoms with van der Waals surface area (Å²) in [6.45, 7) is 6.44. The van der Waals surface area contributed by atoms with E-state index in [1.54, 1.807) is 4.90 Å². The summed E-state index contributed by atoms with van der Waals surface area (Å²) in [6.07, 6.45) is 1.06. The second kappa shape index (κ2) is 5.07. The third-order valence-corrected chi connectivity index (χ3v) is 2.41. The van der Waals surface area contributed by atoms with E-state index in [0.717, 1.165) is 39.1 Å². The van der Waals surface area contributed by atoms with Gasteiger partial charge < -0.3 is 15.1 Å². The van der Waals surface area contributed by atoms with Crippen LogP contribution < -0.4 is 5.32 Å². The summed E-state index contributed by atoms with van der Waals surface area (Å²) < 4.78 is 0. The first-order valence-electron chi connectivity index (χ1n) is 4.96. The minimum Gasteiger partial charge on any atom is -0.328 e. The standard InChI is InChI=1S/C9H19N3O/c1-3-11(2)9(13)12-7-4-5-10-6-8-12/h10H,3-8H2,1-2H3. The van der Waals surface area contributed by atoms with Gasteiger partial charge in [-0.2, -0.15) is 0 Å². The molecule has 1 heterocycles. The zero-order valence-electron chi connectivity index (χ0n) is 8.55. The van der Waals surface area contributed by atoms with Crippen LogP contribution in [0.5, 0.6) is 0 Å². The van der Waals surface area contributed by atoms with Crippen molar-refractivity contribution in [1.29, 1.82) is 0 Å². The molecule has 1 rings (SSSR count). The molecule has 0 spiro atoms. The molecule has 1 aliphatic heterocycles. The number of nitrogens with one attached hydrogen (secondary N) is 1. The van der Waals surface area contributed by atoms with Crippen LogP contribution in [0, 0.1) is 0 Å². The maximum Gasteiger partial charge on any atom is 0.319 e. The Balaban J connectivity index is 2.43. The SMILES string of the molecule is CCN(C)C(=O)N1CCCNCC1. The van der Waals surface area contributed by atoms with Crippen LogP contribution in [0.25, 0.3) is 0 Å². The normalized spacial score (nSPS) is 18.2. The van der Waals surface area contributed by atoms with Crippen molar-refractivity contribution in [2.75, 3.05) is 39.8 Å². The van der Waals surface area contributed by atoms with Gasteiger partial charge in [0.2, 0.25) is 0 Å². The molecule has 2 amide bonds. The predicted molar refractivity (Wildman–Crippen MR) is 52.8 cm³/mol. The Morgan fingerprint density at radius 3 is 2.92 bits per heavy atom. The number of hydrogen-bond donors (Lipinski definition) is 1. The molecule has 76 valence electrons. The van der Waals surface area contributed by atoms with Crippen LogP contribution in [0.1, 0.15) is 13.3 Å². The lowest BCUT2D eigenvalue weighted by molar-refractivity contribution is 0.168. The van der Waals surface area contributed by atoms with Gasteiger partial charge in [-0.3, -0.25) is 0 Å². The van der Waals surface area contributed by atoms with E-state index in [0.29, 0.717) is 0 Å². The van der Waals surface area contributed by atoms with Gasteiger partial charge in [0.05, 0.1) is 0 Å². The second-order valence-electron chi connectivity index (χ2n) is 3.39. The molecule has 0 saturated carbocycles. The van der Waals surface area contributed by atoms with Crippen molar-refractivity contribution < 1.29 is 4.79 Å². The second-order valence-corrected chi connectivity index (χ2v) is 3.39. The average molecular weight is 185 g/mol. The van der Waals surface area contributed by atoms with Gasteiger partial charge in [0.15, 0.2) is 0 Å². The molecule has 0 aromatic rings. The van der Waals surface area contributed by atoms with Gasteiger partial charge in [0, 0.05) is 33.2 Å². The lowest BCUT2D eigenvalue weighted by Gasteiger charge is -2.25. The molecule has 13 heavy (non-hydrogen) atoms. The van der Waals surface area contributed by atoms with Gasteiger partial charge in [0.1, 0.15) is 0 Å². The van der Waals surface area contributed by atoms with Crippen LogP contribution in [0.3, 0.4) is 0 Å². The van der Waals surface area contributed by atoms with Crippen molar-refractivity contribution in [2.45, 2.75) is 13.3 Å². The number of urea groups is 1. The maximum atomic E-state index is 11.7. The lowest BCUT2D eigenvalue weighted by atomic mass is 10.4. The topological polar surface area (TPSA) is 35.6 Å². The Morgan fingerprint density at radius 2 is 2.23 bits per heavy atom. The van der Waals surface area contributed by atoms with Crippen molar-refractivity contribution >= 4 is 6.03 Å². The lowest BCUT2D eigenvalue weighted by Crippen LogP contribution is -2.42. The van der Waals surface area contributed by atoms with E-state index in [2.05, 4.69) is 5.32 Å². The smallest absolute Gasteiger partial charge is 0.319 e. The third-order valence-electron chi connectivity index (χ3n) is 2.41. The quantitative estimate of drug-likeness (QED) is 0.640. The summed E-state index contributed by atoms with van der Waals surface area (Å²) in [7, 11) is 1.85. The van der Waals surface area contributed by atoms with E-state index in [9.17, 15) is 4.79 Å². The first-order chi connectivity index (χ1) is 6.25. The highest BCUT2D eigenvalue weighted by Crippen LogP contribution is 2.00. The summed E-state index contributed by atoms with van der Waals surface area (Å²) in [5, 5.41) is 3.28. The molecule has 0 aliphatic carbocycles. The molecule has 1 aliphatic rings. The largest absolute Gasteiger partial charge is 0.328 e. The fraction of sp³-hybridized carbons (Fsp3) is 0.889. The van der Waals surface area contributed by atoms with Gasteiger partial charge in [-0.05, 0) is 19.9 Å². The molecule has 1 N–H and O–H groups in total. The molecule has 0 unspecified atom stereocenters. The predicted octanol–water partition coefficient (Wildman–Crippen LogP) is 0.353. The Bertz CT molecular complexity index is 164. The maximum absolute atomic E-state index is 11.7. The minimum absolute atomic E-state index is 0.159. The van der Waals surface area contributed by atoms with Crippen molar-refractivity contribution in [1.82, 2.24) is 15.1 Å². The fourth-order valence-corrected chi connectivity index (χ4v) is 1.41. The number of carbonyl (C=O) groups excluding carboxylic acids is 1. The van der Waals surface area contributed by atoms with Crippen molar-refractivity contribution in [3.63, 3.8) is 0 Å².